The molecule has 0 bridgehead atoms. The molecular formula is C38H56N4O4. The van der Waals surface area contributed by atoms with Gasteiger partial charge in [-0.2, -0.15) is 5.10 Å². The number of benzene rings is 2. The zero-order valence-corrected chi connectivity index (χ0v) is 30.3. The Morgan fingerprint density at radius 2 is 1.20 bits per heavy atom. The highest BCUT2D eigenvalue weighted by Crippen LogP contribution is 2.31. The Hall–Kier alpha value is -3.91. The number of aromatic nitrogens is 2. The number of ketones is 2. The molecule has 0 saturated heterocycles. The van der Waals surface area contributed by atoms with E-state index in [2.05, 4.69) is 44.9 Å². The van der Waals surface area contributed by atoms with E-state index in [4.69, 9.17) is 5.84 Å². The van der Waals surface area contributed by atoms with Crippen molar-refractivity contribution in [2.75, 3.05) is 7.05 Å². The lowest BCUT2D eigenvalue weighted by atomic mass is 9.87. The monoisotopic (exact) mass is 632 g/mol. The van der Waals surface area contributed by atoms with Crippen LogP contribution in [0, 0.1) is 20.8 Å². The van der Waals surface area contributed by atoms with Crippen LogP contribution < -0.4 is 11.4 Å². The summed E-state index contributed by atoms with van der Waals surface area (Å²) >= 11 is 0. The molecule has 3 rings (SSSR count). The summed E-state index contributed by atoms with van der Waals surface area (Å²) in [5, 5.41) is 5.20. The topological polar surface area (TPSA) is 115 Å². The number of nitrogens with two attached hydrogens (primary N) is 1. The van der Waals surface area contributed by atoms with Crippen molar-refractivity contribution in [3.05, 3.63) is 84.8 Å². The van der Waals surface area contributed by atoms with E-state index in [-0.39, 0.29) is 11.3 Å². The number of amides is 1. The molecule has 8 heteroatoms. The standard InChI is InChI=1S/C19H26N2O.C14H20N2O2.C5H10O/c1-7-14-10-12(4)11-15(8-2)17(14)18-16(9-3)13(5)20-21(6)19(18)22;1-5-10-7-9(3)8-11(6-2)12(10)13(17)14(18)16(4)15;1-3-4-5(2)6/h10-11H,7-9H2,1-6H3;7-8H,5-6,15H2,1-4H3;3-4H2,1-2H3. The van der Waals surface area contributed by atoms with Crippen LogP contribution in [0.3, 0.4) is 0 Å². The summed E-state index contributed by atoms with van der Waals surface area (Å²) in [5.74, 6) is 4.44. The predicted octanol–water partition coefficient (Wildman–Crippen LogP) is 6.76. The summed E-state index contributed by atoms with van der Waals surface area (Å²) in [6, 6.07) is 8.33. The minimum absolute atomic E-state index is 0.00991. The van der Waals surface area contributed by atoms with Crippen LogP contribution in [-0.2, 0) is 48.7 Å². The molecule has 8 nitrogen and oxygen atoms in total. The third-order valence-corrected chi connectivity index (χ3v) is 7.91. The fraction of sp³-hybridized carbons (Fsp3) is 0.500. The zero-order valence-electron chi connectivity index (χ0n) is 30.3. The van der Waals surface area contributed by atoms with Crippen molar-refractivity contribution in [1.82, 2.24) is 14.8 Å². The first-order valence-corrected chi connectivity index (χ1v) is 16.5. The summed E-state index contributed by atoms with van der Waals surface area (Å²) < 4.78 is 1.47. The highest BCUT2D eigenvalue weighted by atomic mass is 16.2. The Bertz CT molecular complexity index is 1530. The molecule has 0 fully saturated rings. The van der Waals surface area contributed by atoms with E-state index in [0.717, 1.165) is 89.0 Å². The Balaban J connectivity index is 0.000000397. The van der Waals surface area contributed by atoms with Gasteiger partial charge in [-0.15, -0.1) is 0 Å². The summed E-state index contributed by atoms with van der Waals surface area (Å²) in [5.41, 5.74) is 11.3. The summed E-state index contributed by atoms with van der Waals surface area (Å²) in [6.45, 7) is 20.1. The van der Waals surface area contributed by atoms with E-state index in [1.165, 1.54) is 28.4 Å². The number of Topliss-reactive ketones (excluding diaryl/α,β-unsaturated/α-hetero) is 2. The van der Waals surface area contributed by atoms with E-state index >= 15 is 0 Å². The van der Waals surface area contributed by atoms with E-state index in [1.807, 2.05) is 46.8 Å². The SMILES string of the molecule is CCCC(C)=O.CCc1cc(C)cc(CC)c1-c1c(CC)c(C)nn(C)c1=O.CCc1cc(C)cc(CC)c1C(=O)C(=O)N(C)N. The van der Waals surface area contributed by atoms with Gasteiger partial charge in [0.2, 0.25) is 0 Å². The lowest BCUT2D eigenvalue weighted by Gasteiger charge is -2.18. The van der Waals surface area contributed by atoms with E-state index < -0.39 is 11.7 Å². The normalized spacial score (nSPS) is 10.4. The van der Waals surface area contributed by atoms with Gasteiger partial charge < -0.3 is 4.79 Å². The molecule has 0 spiro atoms. The predicted molar refractivity (Wildman–Crippen MR) is 189 cm³/mol. The largest absolute Gasteiger partial charge is 0.308 e. The molecule has 0 radical (unpaired) electrons. The van der Waals surface area contributed by atoms with Crippen LogP contribution >= 0.6 is 0 Å². The molecule has 0 atom stereocenters. The number of nitrogens with zero attached hydrogens (tertiary/aromatic N) is 3. The molecular weight excluding hydrogens is 576 g/mol. The van der Waals surface area contributed by atoms with Crippen LogP contribution in [0.5, 0.6) is 0 Å². The number of likely N-dealkylation sites (N-methyl/N-ethyl adjacent to an activating group) is 1. The molecule has 1 aromatic heterocycles. The van der Waals surface area contributed by atoms with Crippen molar-refractivity contribution in [3.63, 3.8) is 0 Å². The summed E-state index contributed by atoms with van der Waals surface area (Å²) in [6.07, 6.45) is 5.84. The first kappa shape index (κ1) is 40.1. The fourth-order valence-corrected chi connectivity index (χ4v) is 5.72. The van der Waals surface area contributed by atoms with Gasteiger partial charge in [0.15, 0.2) is 0 Å². The van der Waals surface area contributed by atoms with Crippen LogP contribution in [0.2, 0.25) is 0 Å². The van der Waals surface area contributed by atoms with Gasteiger partial charge in [-0.05, 0) is 99.6 Å². The van der Waals surface area contributed by atoms with E-state index in [9.17, 15) is 19.2 Å². The maximum Gasteiger partial charge on any atom is 0.308 e. The molecule has 2 aromatic carbocycles. The van der Waals surface area contributed by atoms with Gasteiger partial charge in [-0.1, -0.05) is 76.9 Å². The maximum absolute atomic E-state index is 12.8. The second-order valence-corrected chi connectivity index (χ2v) is 11.7. The number of hydrogen-bond donors (Lipinski definition) is 1. The number of hydrazine groups is 1. The highest BCUT2D eigenvalue weighted by molar-refractivity contribution is 6.43. The smallest absolute Gasteiger partial charge is 0.300 e. The quantitative estimate of drug-likeness (QED) is 0.0868. The van der Waals surface area contributed by atoms with Gasteiger partial charge in [0.1, 0.15) is 5.78 Å². The summed E-state index contributed by atoms with van der Waals surface area (Å²) in [7, 11) is 3.12. The first-order chi connectivity index (χ1) is 21.6. The average molecular weight is 633 g/mol. The zero-order chi connectivity index (χ0) is 35.3. The van der Waals surface area contributed by atoms with Crippen molar-refractivity contribution in [2.24, 2.45) is 12.9 Å². The number of hydrogen-bond acceptors (Lipinski definition) is 6. The van der Waals surface area contributed by atoms with Crippen molar-refractivity contribution in [3.8, 4) is 11.1 Å². The molecule has 1 amide bonds. The minimum Gasteiger partial charge on any atom is -0.300 e. The van der Waals surface area contributed by atoms with Crippen LogP contribution in [0.15, 0.2) is 29.1 Å². The Morgan fingerprint density at radius 3 is 1.52 bits per heavy atom. The molecule has 0 saturated carbocycles. The fourth-order valence-electron chi connectivity index (χ4n) is 5.72. The molecule has 252 valence electrons. The molecule has 46 heavy (non-hydrogen) atoms. The van der Waals surface area contributed by atoms with Gasteiger partial charge in [-0.3, -0.25) is 19.4 Å². The lowest BCUT2D eigenvalue weighted by Crippen LogP contribution is -2.39. The van der Waals surface area contributed by atoms with Gasteiger partial charge in [-0.25, -0.2) is 10.5 Å². The molecule has 0 aliphatic heterocycles. The second kappa shape index (κ2) is 18.9. The molecule has 3 aromatic rings. The minimum atomic E-state index is -0.678. The Morgan fingerprint density at radius 1 is 0.761 bits per heavy atom. The van der Waals surface area contributed by atoms with Crippen molar-refractivity contribution in [2.45, 2.75) is 114 Å². The van der Waals surface area contributed by atoms with Gasteiger partial charge in [0.25, 0.3) is 11.3 Å². The van der Waals surface area contributed by atoms with Crippen molar-refractivity contribution < 1.29 is 14.4 Å². The third-order valence-electron chi connectivity index (χ3n) is 7.91. The Kier molecular flexibility index (Phi) is 16.5. The Labute approximate surface area is 276 Å². The van der Waals surface area contributed by atoms with Gasteiger partial charge in [0, 0.05) is 26.1 Å². The number of rotatable bonds is 10. The number of aryl methyl sites for hydroxylation is 8. The van der Waals surface area contributed by atoms with E-state index in [1.54, 1.807) is 14.0 Å². The number of carbonyl (C=O) groups is 3. The average Bonchev–Trinajstić information content (AvgIpc) is 3.01. The second-order valence-electron chi connectivity index (χ2n) is 11.7. The van der Waals surface area contributed by atoms with Crippen LogP contribution in [0.1, 0.15) is 116 Å². The number of carbonyl (C=O) groups excluding carboxylic acids is 3. The van der Waals surface area contributed by atoms with Crippen LogP contribution in [0.4, 0.5) is 0 Å². The molecule has 0 aliphatic rings. The third kappa shape index (κ3) is 10.3. The van der Waals surface area contributed by atoms with Crippen molar-refractivity contribution >= 4 is 17.5 Å². The lowest BCUT2D eigenvalue weighted by molar-refractivity contribution is -0.125. The van der Waals surface area contributed by atoms with Crippen LogP contribution in [-0.4, -0.2) is 39.3 Å². The molecule has 0 aliphatic carbocycles. The molecule has 0 unspecified atom stereocenters. The first-order valence-electron chi connectivity index (χ1n) is 16.5. The van der Waals surface area contributed by atoms with Crippen molar-refractivity contribution in [1.29, 1.82) is 0 Å². The van der Waals surface area contributed by atoms with Gasteiger partial charge in [0.05, 0.1) is 11.3 Å². The van der Waals surface area contributed by atoms with Gasteiger partial charge >= 0.3 is 5.91 Å². The molecule has 1 heterocycles. The maximum atomic E-state index is 12.8. The molecule has 2 N–H and O–H groups in total. The highest BCUT2D eigenvalue weighted by Gasteiger charge is 2.24. The summed E-state index contributed by atoms with van der Waals surface area (Å²) in [4.78, 5) is 46.8. The van der Waals surface area contributed by atoms with E-state index in [0.29, 0.717) is 5.56 Å². The van der Waals surface area contributed by atoms with Crippen LogP contribution in [0.25, 0.3) is 11.1 Å².